The van der Waals surface area contributed by atoms with Crippen LogP contribution in [0.15, 0.2) is 57.7 Å². The summed E-state index contributed by atoms with van der Waals surface area (Å²) >= 11 is 0. The highest BCUT2D eigenvalue weighted by atomic mass is 16.5. The summed E-state index contributed by atoms with van der Waals surface area (Å²) in [5.41, 5.74) is 1.51. The van der Waals surface area contributed by atoms with Crippen LogP contribution in [-0.4, -0.2) is 32.7 Å². The molecule has 0 unspecified atom stereocenters. The first-order chi connectivity index (χ1) is 12.8. The number of rotatable bonds is 6. The molecular weight excluding hydrogens is 334 g/mol. The van der Waals surface area contributed by atoms with E-state index in [4.69, 9.17) is 9.05 Å². The van der Waals surface area contributed by atoms with Gasteiger partial charge in [-0.1, -0.05) is 40.6 Å². The van der Waals surface area contributed by atoms with Crippen molar-refractivity contribution in [2.45, 2.75) is 12.8 Å². The third kappa shape index (κ3) is 3.44. The van der Waals surface area contributed by atoms with E-state index in [1.54, 1.807) is 18.3 Å². The van der Waals surface area contributed by atoms with Crippen molar-refractivity contribution in [2.75, 3.05) is 6.54 Å². The Morgan fingerprint density at radius 1 is 1.04 bits per heavy atom. The number of amides is 1. The van der Waals surface area contributed by atoms with Crippen LogP contribution in [0.25, 0.3) is 11.0 Å². The topological polar surface area (TPSA) is 107 Å². The molecule has 1 aromatic carbocycles. The fraction of sp³-hybridized carbons (Fsp3) is 0.167. The standard InChI is InChI=1S/C18H15N5O3/c24-18(16-13-7-4-9-19-17(13)23-26-16)20-10-8-15-21-14(22-25-15)11-12-5-2-1-3-6-12/h1-7,9H,8,10-11H2,(H,20,24). The minimum absolute atomic E-state index is 0.142. The van der Waals surface area contributed by atoms with Crippen molar-refractivity contribution < 1.29 is 13.8 Å². The Morgan fingerprint density at radius 2 is 1.92 bits per heavy atom. The highest BCUT2D eigenvalue weighted by Gasteiger charge is 2.17. The van der Waals surface area contributed by atoms with E-state index in [0.717, 1.165) is 5.56 Å². The average molecular weight is 349 g/mol. The number of benzene rings is 1. The molecule has 0 aliphatic rings. The molecule has 0 saturated carbocycles. The average Bonchev–Trinajstić information content (AvgIpc) is 3.29. The Morgan fingerprint density at radius 3 is 2.81 bits per heavy atom. The molecule has 0 bridgehead atoms. The molecule has 0 atom stereocenters. The summed E-state index contributed by atoms with van der Waals surface area (Å²) in [4.78, 5) is 20.6. The fourth-order valence-electron chi connectivity index (χ4n) is 2.55. The number of carbonyl (C=O) groups excluding carboxylic acids is 1. The first kappa shape index (κ1) is 15.9. The van der Waals surface area contributed by atoms with E-state index in [9.17, 15) is 4.79 Å². The molecule has 3 heterocycles. The van der Waals surface area contributed by atoms with Gasteiger partial charge in [-0.3, -0.25) is 4.79 Å². The van der Waals surface area contributed by atoms with Gasteiger partial charge in [-0.2, -0.15) is 4.98 Å². The SMILES string of the molecule is O=C(NCCc1nc(Cc2ccccc2)no1)c1onc2ncccc12. The van der Waals surface area contributed by atoms with Crippen LogP contribution >= 0.6 is 0 Å². The summed E-state index contributed by atoms with van der Waals surface area (Å²) in [5.74, 6) is 0.873. The van der Waals surface area contributed by atoms with Crippen molar-refractivity contribution in [3.63, 3.8) is 0 Å². The number of carbonyl (C=O) groups is 1. The smallest absolute Gasteiger partial charge is 0.290 e. The third-order valence-corrected chi connectivity index (χ3v) is 3.80. The second kappa shape index (κ2) is 7.14. The summed E-state index contributed by atoms with van der Waals surface area (Å²) in [5, 5.41) is 11.1. The van der Waals surface area contributed by atoms with E-state index in [1.807, 2.05) is 30.3 Å². The maximum absolute atomic E-state index is 12.2. The molecule has 3 aromatic heterocycles. The van der Waals surface area contributed by atoms with Crippen LogP contribution in [-0.2, 0) is 12.8 Å². The van der Waals surface area contributed by atoms with Gasteiger partial charge < -0.3 is 14.4 Å². The van der Waals surface area contributed by atoms with Crippen molar-refractivity contribution in [3.05, 3.63) is 71.7 Å². The van der Waals surface area contributed by atoms with Crippen molar-refractivity contribution >= 4 is 16.9 Å². The number of hydrogen-bond donors (Lipinski definition) is 1. The third-order valence-electron chi connectivity index (χ3n) is 3.80. The van der Waals surface area contributed by atoms with Crippen molar-refractivity contribution in [1.82, 2.24) is 25.6 Å². The van der Waals surface area contributed by atoms with Crippen molar-refractivity contribution in [2.24, 2.45) is 0 Å². The molecule has 1 N–H and O–H groups in total. The van der Waals surface area contributed by atoms with Crippen LogP contribution in [0.2, 0.25) is 0 Å². The maximum atomic E-state index is 12.2. The van der Waals surface area contributed by atoms with Crippen LogP contribution in [0.3, 0.4) is 0 Å². The van der Waals surface area contributed by atoms with Gasteiger partial charge in [-0.25, -0.2) is 4.98 Å². The Hall–Kier alpha value is -3.55. The molecule has 4 rings (SSSR count). The zero-order chi connectivity index (χ0) is 17.8. The zero-order valence-electron chi connectivity index (χ0n) is 13.8. The van der Waals surface area contributed by atoms with Gasteiger partial charge in [-0.05, 0) is 17.7 Å². The predicted molar refractivity (Wildman–Crippen MR) is 91.4 cm³/mol. The normalized spacial score (nSPS) is 10.9. The largest absolute Gasteiger partial charge is 0.349 e. The lowest BCUT2D eigenvalue weighted by Gasteiger charge is -2.00. The Labute approximate surface area is 148 Å². The number of pyridine rings is 1. The molecule has 8 nitrogen and oxygen atoms in total. The second-order valence-electron chi connectivity index (χ2n) is 5.66. The predicted octanol–water partition coefficient (Wildman–Crippen LogP) is 2.17. The summed E-state index contributed by atoms with van der Waals surface area (Å²) in [6.45, 7) is 0.342. The molecule has 0 radical (unpaired) electrons. The van der Waals surface area contributed by atoms with E-state index >= 15 is 0 Å². The van der Waals surface area contributed by atoms with Crippen molar-refractivity contribution in [3.8, 4) is 0 Å². The monoisotopic (exact) mass is 349 g/mol. The van der Waals surface area contributed by atoms with E-state index in [-0.39, 0.29) is 11.7 Å². The second-order valence-corrected chi connectivity index (χ2v) is 5.66. The van der Waals surface area contributed by atoms with Gasteiger partial charge in [0.25, 0.3) is 5.91 Å². The minimum Gasteiger partial charge on any atom is -0.349 e. The molecule has 26 heavy (non-hydrogen) atoms. The fourth-order valence-corrected chi connectivity index (χ4v) is 2.55. The van der Waals surface area contributed by atoms with E-state index in [1.165, 1.54) is 0 Å². The molecule has 130 valence electrons. The molecule has 0 aliphatic heterocycles. The van der Waals surface area contributed by atoms with Crippen LogP contribution in [0, 0.1) is 0 Å². The molecule has 8 heteroatoms. The highest BCUT2D eigenvalue weighted by Crippen LogP contribution is 2.15. The van der Waals surface area contributed by atoms with Crippen LogP contribution < -0.4 is 5.32 Å². The van der Waals surface area contributed by atoms with Gasteiger partial charge in [0.05, 0.1) is 5.39 Å². The first-order valence-electron chi connectivity index (χ1n) is 8.13. The van der Waals surface area contributed by atoms with Gasteiger partial charge in [-0.15, -0.1) is 0 Å². The number of nitrogens with zero attached hydrogens (tertiary/aromatic N) is 4. The lowest BCUT2D eigenvalue weighted by molar-refractivity contribution is 0.0919. The van der Waals surface area contributed by atoms with Crippen LogP contribution in [0.1, 0.15) is 27.8 Å². The van der Waals surface area contributed by atoms with Crippen LogP contribution in [0.4, 0.5) is 0 Å². The molecule has 0 aliphatic carbocycles. The molecule has 0 saturated heterocycles. The molecular formula is C18H15N5O3. The van der Waals surface area contributed by atoms with Gasteiger partial charge in [0.2, 0.25) is 17.3 Å². The molecule has 4 aromatic rings. The number of fused-ring (bicyclic) bond motifs is 1. The lowest BCUT2D eigenvalue weighted by Crippen LogP contribution is -2.25. The van der Waals surface area contributed by atoms with Crippen molar-refractivity contribution in [1.29, 1.82) is 0 Å². The van der Waals surface area contributed by atoms with Crippen LogP contribution in [0.5, 0.6) is 0 Å². The lowest BCUT2D eigenvalue weighted by atomic mass is 10.1. The molecule has 0 spiro atoms. The quantitative estimate of drug-likeness (QED) is 0.568. The Balaban J connectivity index is 1.33. The molecule has 0 fully saturated rings. The zero-order valence-corrected chi connectivity index (χ0v) is 13.8. The number of aromatic nitrogens is 4. The van der Waals surface area contributed by atoms with E-state index in [2.05, 4.69) is 25.6 Å². The molecule has 1 amide bonds. The highest BCUT2D eigenvalue weighted by molar-refractivity contribution is 6.02. The summed E-state index contributed by atoms with van der Waals surface area (Å²) in [7, 11) is 0. The van der Waals surface area contributed by atoms with Gasteiger partial charge >= 0.3 is 0 Å². The minimum atomic E-state index is -0.357. The van der Waals surface area contributed by atoms with Gasteiger partial charge in [0.1, 0.15) is 0 Å². The first-order valence-corrected chi connectivity index (χ1v) is 8.13. The Kier molecular flexibility index (Phi) is 4.38. The summed E-state index contributed by atoms with van der Waals surface area (Å²) < 4.78 is 10.3. The Bertz CT molecular complexity index is 1030. The van der Waals surface area contributed by atoms with E-state index < -0.39 is 0 Å². The maximum Gasteiger partial charge on any atom is 0.290 e. The van der Waals surface area contributed by atoms with Gasteiger partial charge in [0.15, 0.2) is 5.82 Å². The summed E-state index contributed by atoms with van der Waals surface area (Å²) in [6, 6.07) is 13.4. The van der Waals surface area contributed by atoms with Gasteiger partial charge in [0, 0.05) is 25.6 Å². The summed E-state index contributed by atoms with van der Waals surface area (Å²) in [6.07, 6.45) is 2.63. The number of nitrogens with one attached hydrogen (secondary N) is 1. The van der Waals surface area contributed by atoms with E-state index in [0.29, 0.717) is 42.1 Å². The number of hydrogen-bond acceptors (Lipinski definition) is 7.